The lowest BCUT2D eigenvalue weighted by molar-refractivity contribution is -0.141. The van der Waals surface area contributed by atoms with Crippen LogP contribution >= 0.6 is 11.3 Å². The largest absolute Gasteiger partial charge is 0.496 e. The fourth-order valence-corrected chi connectivity index (χ4v) is 7.65. The summed E-state index contributed by atoms with van der Waals surface area (Å²) in [5.74, 6) is -1.19. The van der Waals surface area contributed by atoms with Crippen LogP contribution in [0.5, 0.6) is 5.75 Å². The Kier molecular flexibility index (Phi) is 9.74. The highest BCUT2D eigenvalue weighted by molar-refractivity contribution is 7.91. The zero-order chi connectivity index (χ0) is 32.4. The van der Waals surface area contributed by atoms with Crippen molar-refractivity contribution in [2.24, 2.45) is 11.3 Å². The van der Waals surface area contributed by atoms with Gasteiger partial charge in [-0.1, -0.05) is 32.9 Å². The summed E-state index contributed by atoms with van der Waals surface area (Å²) in [6, 6.07) is 6.79. The van der Waals surface area contributed by atoms with Crippen LogP contribution in [0, 0.1) is 11.3 Å². The minimum atomic E-state index is -4.94. The Morgan fingerprint density at radius 3 is 2.45 bits per heavy atom. The van der Waals surface area contributed by atoms with Crippen LogP contribution in [0.4, 0.5) is 18.2 Å². The molecule has 1 aliphatic rings. The van der Waals surface area contributed by atoms with E-state index in [-0.39, 0.29) is 35.3 Å². The molecule has 2 aromatic heterocycles. The van der Waals surface area contributed by atoms with E-state index in [0.29, 0.717) is 29.0 Å². The Hall–Kier alpha value is -3.52. The molecule has 3 aromatic rings. The first-order valence-electron chi connectivity index (χ1n) is 13.9. The number of amides is 1. The molecule has 0 saturated heterocycles. The molecule has 2 heterocycles. The van der Waals surface area contributed by atoms with E-state index in [1.54, 1.807) is 12.1 Å². The molecule has 4 rings (SSSR count). The van der Waals surface area contributed by atoms with Gasteiger partial charge in [-0.3, -0.25) is 4.79 Å². The van der Waals surface area contributed by atoms with E-state index in [0.717, 1.165) is 23.3 Å². The standard InChI is InChI=1S/C30H34F3N3O6S2/c1-29(2,3)17-12-13-19-22(15-17)43-26(25(19)27(38)42-5)36-24(37)11-8-14-44(39,40)28-34-20(16-23(35-28)30(31,32)33)18-9-6-7-10-21(18)41-4/h6-7,9-10,16-17H,8,11-15H2,1-5H3,(H,36,37)/t17-/m0/s1. The van der Waals surface area contributed by atoms with Crippen molar-refractivity contribution in [2.45, 2.75) is 64.2 Å². The number of hydrogen-bond donors (Lipinski definition) is 1. The average molecular weight is 654 g/mol. The number of halogens is 3. The Morgan fingerprint density at radius 1 is 1.11 bits per heavy atom. The Labute approximate surface area is 258 Å². The van der Waals surface area contributed by atoms with Gasteiger partial charge in [-0.25, -0.2) is 23.2 Å². The number of rotatable bonds is 9. The number of para-hydroxylation sites is 1. The minimum Gasteiger partial charge on any atom is -0.496 e. The van der Waals surface area contributed by atoms with Gasteiger partial charge in [-0.15, -0.1) is 11.3 Å². The minimum absolute atomic E-state index is 0.0687. The second-order valence-corrected chi connectivity index (χ2v) is 14.7. The Balaban J connectivity index is 1.52. The van der Waals surface area contributed by atoms with Gasteiger partial charge < -0.3 is 14.8 Å². The maximum atomic E-state index is 13.7. The van der Waals surface area contributed by atoms with E-state index < -0.39 is 44.5 Å². The van der Waals surface area contributed by atoms with Gasteiger partial charge in [0.15, 0.2) is 0 Å². The topological polar surface area (TPSA) is 125 Å². The van der Waals surface area contributed by atoms with Crippen molar-refractivity contribution in [1.29, 1.82) is 0 Å². The number of benzene rings is 1. The molecule has 0 aliphatic heterocycles. The van der Waals surface area contributed by atoms with Crippen LogP contribution in [-0.4, -0.2) is 50.2 Å². The van der Waals surface area contributed by atoms with E-state index in [1.165, 1.54) is 37.7 Å². The third-order valence-corrected chi connectivity index (χ3v) is 10.3. The van der Waals surface area contributed by atoms with Crippen LogP contribution in [0.3, 0.4) is 0 Å². The number of alkyl halides is 3. The van der Waals surface area contributed by atoms with Gasteiger partial charge in [0.2, 0.25) is 20.9 Å². The number of anilines is 1. The van der Waals surface area contributed by atoms with Crippen molar-refractivity contribution >= 4 is 38.1 Å². The van der Waals surface area contributed by atoms with Crippen molar-refractivity contribution < 1.29 is 40.7 Å². The van der Waals surface area contributed by atoms with Gasteiger partial charge >= 0.3 is 12.1 Å². The van der Waals surface area contributed by atoms with Crippen LogP contribution in [-0.2, 0) is 38.4 Å². The van der Waals surface area contributed by atoms with E-state index in [4.69, 9.17) is 9.47 Å². The predicted molar refractivity (Wildman–Crippen MR) is 160 cm³/mol. The molecule has 1 atom stereocenters. The Bertz CT molecular complexity index is 1660. The molecule has 1 amide bonds. The molecule has 14 heteroatoms. The summed E-state index contributed by atoms with van der Waals surface area (Å²) in [5.41, 5.74) is -0.302. The van der Waals surface area contributed by atoms with Crippen LogP contribution in [0.15, 0.2) is 35.5 Å². The lowest BCUT2D eigenvalue weighted by atomic mass is 9.72. The summed E-state index contributed by atoms with van der Waals surface area (Å²) in [6.07, 6.45) is -3.11. The van der Waals surface area contributed by atoms with Gasteiger partial charge in [-0.2, -0.15) is 13.2 Å². The quantitative estimate of drug-likeness (QED) is 0.209. The lowest BCUT2D eigenvalue weighted by Gasteiger charge is -2.33. The summed E-state index contributed by atoms with van der Waals surface area (Å²) in [7, 11) is -1.83. The molecule has 0 bridgehead atoms. The van der Waals surface area contributed by atoms with Crippen molar-refractivity contribution in [2.75, 3.05) is 25.3 Å². The molecule has 1 N–H and O–H groups in total. The fraction of sp³-hybridized carbons (Fsp3) is 0.467. The third-order valence-electron chi connectivity index (χ3n) is 7.61. The predicted octanol–water partition coefficient (Wildman–Crippen LogP) is 6.36. The van der Waals surface area contributed by atoms with E-state index >= 15 is 0 Å². The van der Waals surface area contributed by atoms with Crippen LogP contribution in [0.25, 0.3) is 11.3 Å². The fourth-order valence-electron chi connectivity index (χ4n) is 5.14. The molecule has 0 saturated carbocycles. The number of thiophene rings is 1. The zero-order valence-corrected chi connectivity index (χ0v) is 26.6. The summed E-state index contributed by atoms with van der Waals surface area (Å²) in [5, 5.41) is 2.07. The molecule has 1 aliphatic carbocycles. The van der Waals surface area contributed by atoms with Crippen molar-refractivity contribution in [1.82, 2.24) is 9.97 Å². The molecule has 1 aromatic carbocycles. The smallest absolute Gasteiger partial charge is 0.433 e. The Morgan fingerprint density at radius 2 is 1.82 bits per heavy atom. The first kappa shape index (κ1) is 33.4. The number of sulfone groups is 1. The monoisotopic (exact) mass is 653 g/mol. The number of nitrogens with zero attached hydrogens (tertiary/aromatic N) is 2. The maximum absolute atomic E-state index is 13.7. The second-order valence-electron chi connectivity index (χ2n) is 11.6. The number of hydrogen-bond acceptors (Lipinski definition) is 9. The molecule has 0 unspecified atom stereocenters. The molecule has 0 spiro atoms. The van der Waals surface area contributed by atoms with E-state index in [1.807, 2.05) is 0 Å². The van der Waals surface area contributed by atoms with Crippen molar-refractivity contribution in [3.8, 4) is 17.0 Å². The zero-order valence-electron chi connectivity index (χ0n) is 25.0. The molecule has 0 fully saturated rings. The maximum Gasteiger partial charge on any atom is 0.433 e. The van der Waals surface area contributed by atoms with Gasteiger partial charge in [0, 0.05) is 16.9 Å². The molecule has 0 radical (unpaired) electrons. The van der Waals surface area contributed by atoms with Crippen molar-refractivity contribution in [3.63, 3.8) is 0 Å². The van der Waals surface area contributed by atoms with E-state index in [9.17, 15) is 31.2 Å². The van der Waals surface area contributed by atoms with Crippen LogP contribution in [0.1, 0.15) is 66.5 Å². The van der Waals surface area contributed by atoms with Gasteiger partial charge in [0.25, 0.3) is 0 Å². The number of ether oxygens (including phenoxy) is 2. The normalized spacial score (nSPS) is 15.4. The van der Waals surface area contributed by atoms with Gasteiger partial charge in [0.1, 0.15) is 16.4 Å². The lowest BCUT2D eigenvalue weighted by Crippen LogP contribution is -2.26. The first-order chi connectivity index (χ1) is 20.5. The van der Waals surface area contributed by atoms with Gasteiger partial charge in [0.05, 0.1) is 31.2 Å². The molecular formula is C30H34F3N3O6S2. The van der Waals surface area contributed by atoms with Gasteiger partial charge in [-0.05, 0) is 60.8 Å². The number of esters is 1. The number of carbonyl (C=O) groups is 2. The molecule has 9 nitrogen and oxygen atoms in total. The number of nitrogens with one attached hydrogen (secondary N) is 1. The number of aromatic nitrogens is 2. The van der Waals surface area contributed by atoms with Crippen LogP contribution in [0.2, 0.25) is 0 Å². The summed E-state index contributed by atoms with van der Waals surface area (Å²) in [6.45, 7) is 6.49. The van der Waals surface area contributed by atoms with Crippen LogP contribution < -0.4 is 10.1 Å². The first-order valence-corrected chi connectivity index (χ1v) is 16.4. The summed E-state index contributed by atoms with van der Waals surface area (Å²) in [4.78, 5) is 33.8. The molecule has 238 valence electrons. The molecule has 44 heavy (non-hydrogen) atoms. The highest BCUT2D eigenvalue weighted by Gasteiger charge is 2.36. The highest BCUT2D eigenvalue weighted by Crippen LogP contribution is 2.44. The number of carbonyl (C=O) groups excluding carboxylic acids is 2. The number of fused-ring (bicyclic) bond motifs is 1. The summed E-state index contributed by atoms with van der Waals surface area (Å²) < 4.78 is 77.4. The highest BCUT2D eigenvalue weighted by atomic mass is 32.2. The van der Waals surface area contributed by atoms with Crippen molar-refractivity contribution in [3.05, 3.63) is 52.0 Å². The number of methoxy groups -OCH3 is 2. The van der Waals surface area contributed by atoms with E-state index in [2.05, 4.69) is 36.1 Å². The SMILES string of the molecule is COC(=O)c1c(NC(=O)CCCS(=O)(=O)c2nc(-c3ccccc3OC)cc(C(F)(F)F)n2)sc2c1CC[C@H](C(C)(C)C)C2. The summed E-state index contributed by atoms with van der Waals surface area (Å²) >= 11 is 1.31. The second kappa shape index (κ2) is 12.8. The third kappa shape index (κ3) is 7.40. The molecular weight excluding hydrogens is 619 g/mol. The average Bonchev–Trinajstić information content (AvgIpc) is 3.32.